The lowest BCUT2D eigenvalue weighted by Gasteiger charge is -2.26. The van der Waals surface area contributed by atoms with Crippen LogP contribution in [0.25, 0.3) is 0 Å². The summed E-state index contributed by atoms with van der Waals surface area (Å²) in [5.41, 5.74) is 2.42. The van der Waals surface area contributed by atoms with Crippen molar-refractivity contribution < 1.29 is 36.2 Å². The van der Waals surface area contributed by atoms with Gasteiger partial charge >= 0.3 is 6.18 Å². The molecule has 0 bridgehead atoms. The van der Waals surface area contributed by atoms with E-state index in [0.29, 0.717) is 0 Å². The monoisotopic (exact) mass is 353 g/mol. The number of primary amides is 1. The number of rotatable bonds is 4. The van der Waals surface area contributed by atoms with Crippen LogP contribution in [0.5, 0.6) is 5.75 Å². The van der Waals surface area contributed by atoms with E-state index in [1.165, 1.54) is 6.92 Å². The molecule has 1 aliphatic heterocycles. The lowest BCUT2D eigenvalue weighted by molar-refractivity contribution is -0.262. The first-order valence-corrected chi connectivity index (χ1v) is 7.16. The highest BCUT2D eigenvalue weighted by Crippen LogP contribution is 2.51. The fraction of sp³-hybridized carbons (Fsp3) is 0.533. The highest BCUT2D eigenvalue weighted by molar-refractivity contribution is 5.81. The molecule has 0 radical (unpaired) electrons. The minimum Gasteiger partial charge on any atom is -0.490 e. The van der Waals surface area contributed by atoms with Gasteiger partial charge in [-0.1, -0.05) is 6.07 Å². The average Bonchev–Trinajstić information content (AvgIpc) is 2.83. The van der Waals surface area contributed by atoms with Crippen LogP contribution in [0.1, 0.15) is 31.7 Å². The van der Waals surface area contributed by atoms with Gasteiger partial charge in [0.05, 0.1) is 6.61 Å². The number of carbonyl (C=O) groups is 1. The normalized spacial score (nSPS) is 27.3. The Morgan fingerprint density at radius 1 is 1.42 bits per heavy atom. The summed E-state index contributed by atoms with van der Waals surface area (Å²) >= 11 is 0. The molecule has 3 atom stereocenters. The first-order valence-electron chi connectivity index (χ1n) is 7.16. The number of alkyl halides is 3. The van der Waals surface area contributed by atoms with Crippen LogP contribution in [-0.4, -0.2) is 30.4 Å². The van der Waals surface area contributed by atoms with Crippen LogP contribution in [0.4, 0.5) is 22.0 Å². The summed E-state index contributed by atoms with van der Waals surface area (Å²) in [5.74, 6) is -5.43. The summed E-state index contributed by atoms with van der Waals surface area (Å²) in [6, 6.07) is 1.84. The van der Waals surface area contributed by atoms with Crippen LogP contribution in [0.3, 0.4) is 0 Å². The molecule has 134 valence electrons. The predicted octanol–water partition coefficient (Wildman–Crippen LogP) is 3.04. The van der Waals surface area contributed by atoms with Crippen molar-refractivity contribution >= 4 is 5.91 Å². The molecular formula is C15H16F5NO3. The van der Waals surface area contributed by atoms with Crippen molar-refractivity contribution in [3.63, 3.8) is 0 Å². The van der Waals surface area contributed by atoms with Crippen LogP contribution < -0.4 is 10.5 Å². The van der Waals surface area contributed by atoms with Crippen molar-refractivity contribution in [1.82, 2.24) is 0 Å². The van der Waals surface area contributed by atoms with Gasteiger partial charge in [-0.3, -0.25) is 4.79 Å². The molecule has 0 spiro atoms. The molecule has 4 nitrogen and oxygen atoms in total. The van der Waals surface area contributed by atoms with Gasteiger partial charge in [0.25, 0.3) is 0 Å². The zero-order valence-electron chi connectivity index (χ0n) is 12.9. The Hall–Kier alpha value is -1.90. The van der Waals surface area contributed by atoms with Crippen LogP contribution in [0.15, 0.2) is 12.1 Å². The molecule has 2 rings (SSSR count). The molecule has 0 aliphatic carbocycles. The standard InChI is InChI=1S/C15H16F5NO3/c1-3-23-11-7(4-5-9(16)10(11)17)8-6-14(2,15(18,19)20)24-12(8)13(21)22/h4-5,8,12H,3,6H2,1-2H3,(H2,21,22)/t8?,12-,14?/m0/s1. The van der Waals surface area contributed by atoms with Crippen molar-refractivity contribution in [2.45, 2.75) is 44.1 Å². The molecule has 1 aliphatic rings. The van der Waals surface area contributed by atoms with Crippen LogP contribution in [0.2, 0.25) is 0 Å². The molecule has 0 saturated carbocycles. The predicted molar refractivity (Wildman–Crippen MR) is 73.4 cm³/mol. The summed E-state index contributed by atoms with van der Waals surface area (Å²) in [6.07, 6.45) is -7.07. The zero-order chi connectivity index (χ0) is 18.3. The Morgan fingerprint density at radius 2 is 2.04 bits per heavy atom. The quantitative estimate of drug-likeness (QED) is 0.847. The van der Waals surface area contributed by atoms with Crippen LogP contribution in [0, 0.1) is 11.6 Å². The highest BCUT2D eigenvalue weighted by Gasteiger charge is 2.61. The number of nitrogens with two attached hydrogens (primary N) is 1. The summed E-state index contributed by atoms with van der Waals surface area (Å²) in [7, 11) is 0. The topological polar surface area (TPSA) is 61.6 Å². The fourth-order valence-electron chi connectivity index (χ4n) is 2.78. The Bertz CT molecular complexity index is 649. The third-order valence-electron chi connectivity index (χ3n) is 4.01. The van der Waals surface area contributed by atoms with Gasteiger partial charge in [-0.15, -0.1) is 0 Å². The molecule has 1 aromatic rings. The Kier molecular flexibility index (Phi) is 4.76. The van der Waals surface area contributed by atoms with E-state index < -0.39 is 53.5 Å². The highest BCUT2D eigenvalue weighted by atomic mass is 19.4. The summed E-state index contributed by atoms with van der Waals surface area (Å²) < 4.78 is 77.0. The van der Waals surface area contributed by atoms with Gasteiger partial charge in [0.15, 0.2) is 17.2 Å². The van der Waals surface area contributed by atoms with E-state index in [9.17, 15) is 26.7 Å². The maximum Gasteiger partial charge on any atom is 0.417 e. The molecule has 1 fully saturated rings. The van der Waals surface area contributed by atoms with Crippen molar-refractivity contribution in [3.8, 4) is 5.75 Å². The first kappa shape index (κ1) is 18.4. The van der Waals surface area contributed by atoms with Gasteiger partial charge in [-0.05, 0) is 26.3 Å². The van der Waals surface area contributed by atoms with Crippen molar-refractivity contribution in [2.75, 3.05) is 6.61 Å². The van der Waals surface area contributed by atoms with E-state index in [1.54, 1.807) is 0 Å². The van der Waals surface area contributed by atoms with Gasteiger partial charge in [0.2, 0.25) is 11.7 Å². The van der Waals surface area contributed by atoms with Crippen molar-refractivity contribution in [1.29, 1.82) is 0 Å². The van der Waals surface area contributed by atoms with Crippen LogP contribution >= 0.6 is 0 Å². The van der Waals surface area contributed by atoms with Gasteiger partial charge in [-0.2, -0.15) is 17.6 Å². The van der Waals surface area contributed by atoms with Crippen molar-refractivity contribution in [3.05, 3.63) is 29.3 Å². The van der Waals surface area contributed by atoms with E-state index >= 15 is 0 Å². The molecule has 9 heteroatoms. The van der Waals surface area contributed by atoms with E-state index in [4.69, 9.17) is 15.2 Å². The Morgan fingerprint density at radius 3 is 2.54 bits per heavy atom. The molecule has 2 unspecified atom stereocenters. The number of amides is 1. The first-order chi connectivity index (χ1) is 11.0. The second-order valence-electron chi connectivity index (χ2n) is 5.69. The minimum absolute atomic E-state index is 0.0429. The van der Waals surface area contributed by atoms with E-state index in [2.05, 4.69) is 0 Å². The molecule has 24 heavy (non-hydrogen) atoms. The fourth-order valence-corrected chi connectivity index (χ4v) is 2.78. The number of benzene rings is 1. The van der Waals surface area contributed by atoms with E-state index in [-0.39, 0.29) is 12.2 Å². The smallest absolute Gasteiger partial charge is 0.417 e. The van der Waals surface area contributed by atoms with E-state index in [1.807, 2.05) is 0 Å². The lowest BCUT2D eigenvalue weighted by Crippen LogP contribution is -2.43. The molecule has 1 amide bonds. The number of halogens is 5. The largest absolute Gasteiger partial charge is 0.490 e. The van der Waals surface area contributed by atoms with Gasteiger partial charge < -0.3 is 15.2 Å². The van der Waals surface area contributed by atoms with E-state index in [0.717, 1.165) is 19.1 Å². The van der Waals surface area contributed by atoms with Crippen LogP contribution in [-0.2, 0) is 9.53 Å². The third kappa shape index (κ3) is 3.04. The molecule has 2 N–H and O–H groups in total. The lowest BCUT2D eigenvalue weighted by atomic mass is 9.86. The van der Waals surface area contributed by atoms with Gasteiger partial charge in [0, 0.05) is 11.5 Å². The molecule has 1 heterocycles. The SMILES string of the molecule is CCOc1c(C2CC(C)(C(F)(F)F)O[C@@H]2C(N)=O)ccc(F)c1F. The third-order valence-corrected chi connectivity index (χ3v) is 4.01. The molecular weight excluding hydrogens is 337 g/mol. The van der Waals surface area contributed by atoms with Gasteiger partial charge in [0.1, 0.15) is 6.10 Å². The maximum absolute atomic E-state index is 14.0. The van der Waals surface area contributed by atoms with Gasteiger partial charge in [-0.25, -0.2) is 4.39 Å². The summed E-state index contributed by atoms with van der Waals surface area (Å²) in [5, 5.41) is 0. The Balaban J connectivity index is 2.54. The maximum atomic E-state index is 14.0. The molecule has 1 aromatic carbocycles. The minimum atomic E-state index is -4.76. The number of ether oxygens (including phenoxy) is 2. The number of hydrogen-bond donors (Lipinski definition) is 1. The second-order valence-corrected chi connectivity index (χ2v) is 5.69. The molecule has 1 saturated heterocycles. The second kappa shape index (κ2) is 6.19. The summed E-state index contributed by atoms with van der Waals surface area (Å²) in [6.45, 7) is 2.24. The average molecular weight is 353 g/mol. The molecule has 0 aromatic heterocycles. The van der Waals surface area contributed by atoms with Crippen molar-refractivity contribution in [2.24, 2.45) is 5.73 Å². The Labute approximate surface area is 134 Å². The zero-order valence-corrected chi connectivity index (χ0v) is 12.9. The summed E-state index contributed by atoms with van der Waals surface area (Å²) in [4.78, 5) is 11.5. The number of carbonyl (C=O) groups excluding carboxylic acids is 1. The number of hydrogen-bond acceptors (Lipinski definition) is 3.